The van der Waals surface area contributed by atoms with Crippen LogP contribution in [-0.2, 0) is 0 Å². The van der Waals surface area contributed by atoms with E-state index in [2.05, 4.69) is 0 Å². The first-order valence-corrected chi connectivity index (χ1v) is 3.40. The van der Waals surface area contributed by atoms with E-state index in [0.29, 0.717) is 0 Å². The molecule has 0 fully saturated rings. The Morgan fingerprint density at radius 2 is 1.25 bits per heavy atom. The Bertz CT molecular complexity index is 147. The highest BCUT2D eigenvalue weighted by atomic mass is 16.7. The predicted octanol–water partition coefficient (Wildman–Crippen LogP) is -2.69. The maximum absolute atomic E-state index is 9.01. The van der Waals surface area contributed by atoms with Crippen LogP contribution in [0.3, 0.4) is 0 Å². The summed E-state index contributed by atoms with van der Waals surface area (Å²) in [5.41, 5.74) is 0. The molecule has 0 radical (unpaired) electrons. The van der Waals surface area contributed by atoms with Gasteiger partial charge in [-0.1, -0.05) is 13.8 Å². The fourth-order valence-electron chi connectivity index (χ4n) is 0.663. The van der Waals surface area contributed by atoms with Crippen LogP contribution in [0.15, 0.2) is 0 Å². The highest BCUT2D eigenvalue weighted by molar-refractivity contribution is 4.83. The molecule has 1 atom stereocenters. The van der Waals surface area contributed by atoms with Gasteiger partial charge in [0.2, 0.25) is 0 Å². The lowest BCUT2D eigenvalue weighted by Crippen LogP contribution is -2.62. The summed E-state index contributed by atoms with van der Waals surface area (Å²) in [6.45, 7) is 2.83. The largest absolute Gasteiger partial charge is 0.387 e. The van der Waals surface area contributed by atoms with Crippen LogP contribution < -0.4 is 0 Å². The molecule has 0 heterocycles. The molecule has 0 rings (SSSR count). The van der Waals surface area contributed by atoms with Crippen LogP contribution in [0.1, 0.15) is 13.8 Å². The van der Waals surface area contributed by atoms with Gasteiger partial charge in [0.05, 0.1) is 0 Å². The Labute approximate surface area is 69.3 Å². The zero-order valence-corrected chi connectivity index (χ0v) is 6.84. The fraction of sp³-hybridized carbons (Fsp3) is 1.00. The summed E-state index contributed by atoms with van der Waals surface area (Å²) in [5.74, 6) is -7.75. The topological polar surface area (TPSA) is 121 Å². The van der Waals surface area contributed by atoms with E-state index in [1.165, 1.54) is 13.8 Å². The van der Waals surface area contributed by atoms with Crippen molar-refractivity contribution in [3.8, 4) is 0 Å². The van der Waals surface area contributed by atoms with Crippen LogP contribution in [0.4, 0.5) is 0 Å². The van der Waals surface area contributed by atoms with Crippen molar-refractivity contribution >= 4 is 0 Å². The van der Waals surface area contributed by atoms with Crippen molar-refractivity contribution in [3.63, 3.8) is 0 Å². The first-order chi connectivity index (χ1) is 5.10. The van der Waals surface area contributed by atoms with Crippen molar-refractivity contribution in [3.05, 3.63) is 0 Å². The highest BCUT2D eigenvalue weighted by Crippen LogP contribution is 2.23. The molecule has 0 saturated carbocycles. The van der Waals surface area contributed by atoms with Gasteiger partial charge in [-0.3, -0.25) is 0 Å². The van der Waals surface area contributed by atoms with Gasteiger partial charge in [0.25, 0.3) is 5.79 Å². The Hall–Kier alpha value is -0.240. The van der Waals surface area contributed by atoms with Crippen molar-refractivity contribution in [1.29, 1.82) is 0 Å². The highest BCUT2D eigenvalue weighted by Gasteiger charge is 2.53. The molecule has 0 amide bonds. The molecule has 6 heteroatoms. The molecule has 0 aliphatic rings. The lowest BCUT2D eigenvalue weighted by molar-refractivity contribution is -0.466. The smallest absolute Gasteiger partial charge is 0.335 e. The van der Waals surface area contributed by atoms with Crippen LogP contribution in [-0.4, -0.2) is 48.5 Å². The number of hydrogen-bond acceptors (Lipinski definition) is 6. The summed E-state index contributed by atoms with van der Waals surface area (Å²) < 4.78 is 0. The second kappa shape index (κ2) is 3.25. The maximum Gasteiger partial charge on any atom is 0.335 e. The fourth-order valence-corrected chi connectivity index (χ4v) is 0.663. The normalized spacial score (nSPS) is 16.8. The summed E-state index contributed by atoms with van der Waals surface area (Å²) in [7, 11) is 0. The zero-order chi connectivity index (χ0) is 10.2. The summed E-state index contributed by atoms with van der Waals surface area (Å²) in [4.78, 5) is 0. The van der Waals surface area contributed by atoms with Crippen molar-refractivity contribution in [2.75, 3.05) is 0 Å². The summed E-state index contributed by atoms with van der Waals surface area (Å²) in [5, 5.41) is 51.9. The van der Waals surface area contributed by atoms with Crippen LogP contribution in [0, 0.1) is 5.92 Å². The van der Waals surface area contributed by atoms with Gasteiger partial charge < -0.3 is 30.6 Å². The van der Waals surface area contributed by atoms with E-state index in [-0.39, 0.29) is 0 Å². The molecule has 0 saturated heterocycles. The molecule has 0 aromatic rings. The van der Waals surface area contributed by atoms with E-state index in [4.69, 9.17) is 30.6 Å². The molecule has 12 heavy (non-hydrogen) atoms. The van der Waals surface area contributed by atoms with Crippen LogP contribution in [0.2, 0.25) is 0 Å². The van der Waals surface area contributed by atoms with Crippen molar-refractivity contribution < 1.29 is 30.6 Å². The van der Waals surface area contributed by atoms with Crippen LogP contribution in [0.25, 0.3) is 0 Å². The average molecular weight is 182 g/mol. The molecule has 0 aliphatic heterocycles. The monoisotopic (exact) mass is 182 g/mol. The molecule has 74 valence electrons. The molecule has 6 nitrogen and oxygen atoms in total. The van der Waals surface area contributed by atoms with E-state index in [9.17, 15) is 0 Å². The molecule has 0 aromatic carbocycles. The maximum atomic E-state index is 9.01. The Morgan fingerprint density at radius 1 is 0.917 bits per heavy atom. The quantitative estimate of drug-likeness (QED) is 0.264. The van der Waals surface area contributed by atoms with Gasteiger partial charge in [-0.15, -0.1) is 0 Å². The standard InChI is InChI=1S/C6H14O6/c1-3(2)4(7)5(8,9)6(10,11)12/h3-4,7-12H,1-2H3. The minimum atomic E-state index is -3.74. The van der Waals surface area contributed by atoms with Gasteiger partial charge >= 0.3 is 5.97 Å². The first-order valence-electron chi connectivity index (χ1n) is 3.40. The first kappa shape index (κ1) is 11.8. The zero-order valence-electron chi connectivity index (χ0n) is 6.84. The SMILES string of the molecule is CC(C)C(O)C(O)(O)C(O)(O)O. The Balaban J connectivity index is 4.61. The second-order valence-electron chi connectivity index (χ2n) is 3.05. The minimum Gasteiger partial charge on any atom is -0.387 e. The molecule has 6 N–H and O–H groups in total. The van der Waals surface area contributed by atoms with E-state index >= 15 is 0 Å². The van der Waals surface area contributed by atoms with E-state index in [0.717, 1.165) is 0 Å². The van der Waals surface area contributed by atoms with Gasteiger partial charge in [-0.25, -0.2) is 0 Å². The molecule has 1 unspecified atom stereocenters. The van der Waals surface area contributed by atoms with Crippen molar-refractivity contribution in [2.24, 2.45) is 5.92 Å². The Kier molecular flexibility index (Phi) is 3.18. The average Bonchev–Trinajstić information content (AvgIpc) is 1.83. The van der Waals surface area contributed by atoms with Gasteiger partial charge in [0, 0.05) is 0 Å². The van der Waals surface area contributed by atoms with Crippen LogP contribution in [0.5, 0.6) is 0 Å². The molecule has 0 spiro atoms. The minimum absolute atomic E-state index is 0.647. The summed E-state index contributed by atoms with van der Waals surface area (Å²) in [6, 6.07) is 0. The molecule has 0 aromatic heterocycles. The third-order valence-corrected chi connectivity index (χ3v) is 1.54. The predicted molar refractivity (Wildman–Crippen MR) is 37.4 cm³/mol. The number of hydrogen-bond donors (Lipinski definition) is 6. The van der Waals surface area contributed by atoms with Gasteiger partial charge in [0.1, 0.15) is 6.10 Å². The van der Waals surface area contributed by atoms with E-state index in [1.807, 2.05) is 0 Å². The third kappa shape index (κ3) is 2.13. The molecule has 0 aliphatic carbocycles. The molecule has 0 bridgehead atoms. The van der Waals surface area contributed by atoms with Crippen molar-refractivity contribution in [1.82, 2.24) is 0 Å². The lowest BCUT2D eigenvalue weighted by Gasteiger charge is -2.35. The van der Waals surface area contributed by atoms with Crippen LogP contribution >= 0.6 is 0 Å². The van der Waals surface area contributed by atoms with E-state index in [1.54, 1.807) is 0 Å². The summed E-state index contributed by atoms with van der Waals surface area (Å²) in [6.07, 6.45) is -1.86. The van der Waals surface area contributed by atoms with Crippen molar-refractivity contribution in [2.45, 2.75) is 31.7 Å². The van der Waals surface area contributed by atoms with Gasteiger partial charge in [-0.2, -0.15) is 0 Å². The second-order valence-corrected chi connectivity index (χ2v) is 3.05. The number of aliphatic hydroxyl groups excluding tert-OH is 1. The lowest BCUT2D eigenvalue weighted by atomic mass is 9.97. The Morgan fingerprint density at radius 3 is 1.33 bits per heavy atom. The van der Waals surface area contributed by atoms with Gasteiger partial charge in [0.15, 0.2) is 0 Å². The number of rotatable bonds is 3. The molecular weight excluding hydrogens is 168 g/mol. The van der Waals surface area contributed by atoms with Gasteiger partial charge in [-0.05, 0) is 5.92 Å². The summed E-state index contributed by atoms with van der Waals surface area (Å²) >= 11 is 0. The van der Waals surface area contributed by atoms with E-state index < -0.39 is 23.8 Å². The number of aliphatic hydroxyl groups is 6. The molecular formula is C6H14O6. The third-order valence-electron chi connectivity index (χ3n) is 1.54.